The first-order valence-electron chi connectivity index (χ1n) is 7.97. The topological polar surface area (TPSA) is 54.4 Å². The zero-order valence-electron chi connectivity index (χ0n) is 13.7. The lowest BCUT2D eigenvalue weighted by Crippen LogP contribution is -2.51. The Bertz CT molecular complexity index is 687. The van der Waals surface area contributed by atoms with Crippen LogP contribution in [0.4, 0.5) is 0 Å². The van der Waals surface area contributed by atoms with Crippen molar-refractivity contribution in [3.63, 3.8) is 0 Å². The van der Waals surface area contributed by atoms with Crippen LogP contribution in [-0.2, 0) is 14.4 Å². The SMILES string of the molecule is CC1(C)CN(CCCON2C=c3ccccc3=NC2)CC(=O)O1. The molecule has 3 rings (SSSR count). The largest absolute Gasteiger partial charge is 0.457 e. The number of carbonyl (C=O) groups is 1. The number of ether oxygens (including phenoxy) is 1. The fourth-order valence-corrected chi connectivity index (χ4v) is 2.94. The van der Waals surface area contributed by atoms with Gasteiger partial charge in [0.25, 0.3) is 0 Å². The van der Waals surface area contributed by atoms with Crippen molar-refractivity contribution in [2.75, 3.05) is 32.9 Å². The summed E-state index contributed by atoms with van der Waals surface area (Å²) >= 11 is 0. The number of hydrogen-bond acceptors (Lipinski definition) is 6. The summed E-state index contributed by atoms with van der Waals surface area (Å²) < 4.78 is 5.30. The molecular weight excluding hydrogens is 294 g/mol. The lowest BCUT2D eigenvalue weighted by Gasteiger charge is -2.37. The molecule has 23 heavy (non-hydrogen) atoms. The van der Waals surface area contributed by atoms with Gasteiger partial charge in [-0.15, -0.1) is 0 Å². The highest BCUT2D eigenvalue weighted by Gasteiger charge is 2.32. The van der Waals surface area contributed by atoms with E-state index in [0.29, 0.717) is 19.8 Å². The molecule has 0 bridgehead atoms. The van der Waals surface area contributed by atoms with Crippen molar-refractivity contribution in [1.29, 1.82) is 0 Å². The first kappa shape index (κ1) is 16.0. The van der Waals surface area contributed by atoms with Gasteiger partial charge in [-0.25, -0.2) is 5.06 Å². The minimum Gasteiger partial charge on any atom is -0.457 e. The molecule has 0 spiro atoms. The highest BCUT2D eigenvalue weighted by molar-refractivity contribution is 5.73. The Morgan fingerprint density at radius 3 is 3.00 bits per heavy atom. The number of rotatable bonds is 5. The van der Waals surface area contributed by atoms with Crippen LogP contribution in [0, 0.1) is 0 Å². The van der Waals surface area contributed by atoms with Crippen LogP contribution in [0.15, 0.2) is 29.3 Å². The summed E-state index contributed by atoms with van der Waals surface area (Å²) in [7, 11) is 0. The van der Waals surface area contributed by atoms with Crippen molar-refractivity contribution in [2.45, 2.75) is 25.9 Å². The summed E-state index contributed by atoms with van der Waals surface area (Å²) in [5, 5.41) is 3.83. The monoisotopic (exact) mass is 317 g/mol. The summed E-state index contributed by atoms with van der Waals surface area (Å²) in [6, 6.07) is 8.00. The lowest BCUT2D eigenvalue weighted by molar-refractivity contribution is -0.169. The van der Waals surface area contributed by atoms with Crippen LogP contribution in [0.5, 0.6) is 0 Å². The number of hydrogen-bond donors (Lipinski definition) is 0. The van der Waals surface area contributed by atoms with Crippen molar-refractivity contribution < 1.29 is 14.4 Å². The minimum atomic E-state index is -0.403. The van der Waals surface area contributed by atoms with Crippen molar-refractivity contribution in [1.82, 2.24) is 9.96 Å². The fourth-order valence-electron chi connectivity index (χ4n) is 2.94. The standard InChI is InChI=1S/C17H23N3O3/c1-17(2)12-19(11-16(21)23-17)8-5-9-22-20-10-14-6-3-4-7-15(14)18-13-20/h3-4,6-7,10H,5,8-9,11-13H2,1-2H3. The summed E-state index contributed by atoms with van der Waals surface area (Å²) in [5.41, 5.74) is -0.403. The van der Waals surface area contributed by atoms with Gasteiger partial charge >= 0.3 is 5.97 Å². The van der Waals surface area contributed by atoms with E-state index >= 15 is 0 Å². The molecule has 1 aromatic rings. The van der Waals surface area contributed by atoms with Gasteiger partial charge in [-0.1, -0.05) is 18.2 Å². The molecule has 124 valence electrons. The maximum absolute atomic E-state index is 11.6. The third-order valence-corrected chi connectivity index (χ3v) is 3.82. The molecule has 2 aliphatic heterocycles. The van der Waals surface area contributed by atoms with Gasteiger partial charge in [-0.2, -0.15) is 0 Å². The van der Waals surface area contributed by atoms with Crippen molar-refractivity contribution in [3.05, 3.63) is 34.8 Å². The van der Waals surface area contributed by atoms with Crippen molar-refractivity contribution in [2.24, 2.45) is 4.99 Å². The van der Waals surface area contributed by atoms with E-state index in [1.807, 2.05) is 44.3 Å². The number of hydroxylamine groups is 2. The maximum Gasteiger partial charge on any atom is 0.320 e. The predicted octanol–water partition coefficient (Wildman–Crippen LogP) is 0.276. The highest BCUT2D eigenvalue weighted by atomic mass is 16.7. The van der Waals surface area contributed by atoms with Crippen LogP contribution in [0.1, 0.15) is 20.3 Å². The van der Waals surface area contributed by atoms with Gasteiger partial charge < -0.3 is 4.74 Å². The summed E-state index contributed by atoms with van der Waals surface area (Å²) in [6.45, 7) is 6.93. The molecule has 6 heteroatoms. The zero-order chi connectivity index (χ0) is 16.3. The molecule has 0 aliphatic carbocycles. The molecule has 1 aromatic carbocycles. The van der Waals surface area contributed by atoms with Gasteiger partial charge in [0, 0.05) is 24.5 Å². The maximum atomic E-state index is 11.6. The van der Waals surface area contributed by atoms with E-state index in [2.05, 4.69) is 9.89 Å². The smallest absolute Gasteiger partial charge is 0.320 e. The van der Waals surface area contributed by atoms with E-state index in [-0.39, 0.29) is 5.97 Å². The Morgan fingerprint density at radius 1 is 1.35 bits per heavy atom. The molecule has 0 radical (unpaired) electrons. The molecule has 2 aliphatic rings. The third-order valence-electron chi connectivity index (χ3n) is 3.82. The number of fused-ring (bicyclic) bond motifs is 1. The molecule has 2 heterocycles. The van der Waals surface area contributed by atoms with E-state index in [0.717, 1.165) is 30.1 Å². The Hall–Kier alpha value is -1.92. The normalized spacial score (nSPS) is 20.3. The number of esters is 1. The average Bonchev–Trinajstić information content (AvgIpc) is 2.49. The lowest BCUT2D eigenvalue weighted by atomic mass is 10.1. The van der Waals surface area contributed by atoms with Gasteiger partial charge in [0.05, 0.1) is 18.5 Å². The molecule has 0 saturated carbocycles. The molecule has 0 atom stereocenters. The fraction of sp³-hybridized carbons (Fsp3) is 0.529. The van der Waals surface area contributed by atoms with Gasteiger partial charge in [0.15, 0.2) is 0 Å². The first-order valence-corrected chi connectivity index (χ1v) is 7.97. The van der Waals surface area contributed by atoms with Crippen LogP contribution >= 0.6 is 0 Å². The Morgan fingerprint density at radius 2 is 2.17 bits per heavy atom. The number of nitrogens with zero attached hydrogens (tertiary/aromatic N) is 3. The molecular formula is C17H23N3O3. The second-order valence-electron chi connectivity index (χ2n) is 6.54. The van der Waals surface area contributed by atoms with Crippen LogP contribution in [0.2, 0.25) is 0 Å². The molecule has 0 N–H and O–H groups in total. The number of benzene rings is 1. The molecule has 0 amide bonds. The average molecular weight is 317 g/mol. The molecule has 0 unspecified atom stereocenters. The molecule has 1 fully saturated rings. The quantitative estimate of drug-likeness (QED) is 0.577. The van der Waals surface area contributed by atoms with Crippen LogP contribution < -0.4 is 10.6 Å². The van der Waals surface area contributed by atoms with Gasteiger partial charge in [0.2, 0.25) is 0 Å². The Labute approximate surface area is 136 Å². The predicted molar refractivity (Wildman–Crippen MR) is 85.6 cm³/mol. The number of carbonyl (C=O) groups excluding carboxylic acids is 1. The first-order chi connectivity index (χ1) is 11.0. The Balaban J connectivity index is 1.44. The van der Waals surface area contributed by atoms with E-state index in [1.54, 1.807) is 5.06 Å². The molecule has 6 nitrogen and oxygen atoms in total. The van der Waals surface area contributed by atoms with E-state index < -0.39 is 5.60 Å². The summed E-state index contributed by atoms with van der Waals surface area (Å²) in [6.07, 6.45) is 2.83. The number of morpholine rings is 1. The second-order valence-corrected chi connectivity index (χ2v) is 6.54. The second kappa shape index (κ2) is 6.68. The summed E-state index contributed by atoms with van der Waals surface area (Å²) in [5.74, 6) is -0.151. The van der Waals surface area contributed by atoms with Gasteiger partial charge in [-0.3, -0.25) is 19.5 Å². The van der Waals surface area contributed by atoms with Gasteiger partial charge in [-0.05, 0) is 26.3 Å². The molecule has 0 aromatic heterocycles. The van der Waals surface area contributed by atoms with Crippen LogP contribution in [-0.4, -0.2) is 54.4 Å². The number of cyclic esters (lactones) is 1. The van der Waals surface area contributed by atoms with Crippen molar-refractivity contribution in [3.8, 4) is 0 Å². The minimum absolute atomic E-state index is 0.151. The van der Waals surface area contributed by atoms with Gasteiger partial charge in [0.1, 0.15) is 12.3 Å². The van der Waals surface area contributed by atoms with Crippen molar-refractivity contribution >= 4 is 12.2 Å². The van der Waals surface area contributed by atoms with E-state index in [9.17, 15) is 4.79 Å². The molecule has 1 saturated heterocycles. The Kier molecular flexibility index (Phi) is 4.63. The van der Waals surface area contributed by atoms with Crippen LogP contribution in [0.3, 0.4) is 0 Å². The number of para-hydroxylation sites is 1. The van der Waals surface area contributed by atoms with E-state index in [4.69, 9.17) is 9.57 Å². The van der Waals surface area contributed by atoms with E-state index in [1.165, 1.54) is 0 Å². The van der Waals surface area contributed by atoms with Crippen LogP contribution in [0.25, 0.3) is 6.20 Å². The highest BCUT2D eigenvalue weighted by Crippen LogP contribution is 2.17. The third kappa shape index (κ3) is 4.30. The summed E-state index contributed by atoms with van der Waals surface area (Å²) in [4.78, 5) is 23.9. The zero-order valence-corrected chi connectivity index (χ0v) is 13.7.